The highest BCUT2D eigenvalue weighted by molar-refractivity contribution is 5.96. The largest absolute Gasteiger partial charge is 0.346 e. The Balaban J connectivity index is 1.51. The minimum absolute atomic E-state index is 0.217. The van der Waals surface area contributed by atoms with Gasteiger partial charge in [-0.05, 0) is 42.0 Å². The molecule has 0 bridgehead atoms. The molecular formula is C33H29N3O3. The number of carbonyl (C=O) groups excluding carboxylic acids is 3. The third-order valence-corrected chi connectivity index (χ3v) is 6.87. The van der Waals surface area contributed by atoms with E-state index in [1.165, 1.54) is 0 Å². The van der Waals surface area contributed by atoms with Crippen LogP contribution in [0.1, 0.15) is 42.6 Å². The Hall–Kier alpha value is -4.97. The zero-order valence-electron chi connectivity index (χ0n) is 21.2. The molecule has 1 aliphatic carbocycles. The second-order valence-electron chi connectivity index (χ2n) is 9.42. The molecule has 39 heavy (non-hydrogen) atoms. The molecule has 3 amide bonds. The van der Waals surface area contributed by atoms with Crippen molar-refractivity contribution in [3.8, 4) is 0 Å². The fraction of sp³-hybridized carbons (Fsp3) is 0.121. The standard InChI is InChI=1S/C33H29N3O3/c37-31(24-15-7-2-8-16-24)34-27-21-22-28(35-32(38)25-17-9-3-10-18-25)30(29(27)23-13-5-1-6-14-23)36-33(39)26-19-11-4-12-20-26/h1-22,27-30H,(H,34,37)(H,35,38)(H,36,39)/t27-,28+,29+,30-/m0/s1. The van der Waals surface area contributed by atoms with E-state index >= 15 is 0 Å². The Morgan fingerprint density at radius 2 is 0.795 bits per heavy atom. The molecule has 4 aromatic rings. The van der Waals surface area contributed by atoms with E-state index in [2.05, 4.69) is 16.0 Å². The lowest BCUT2D eigenvalue weighted by atomic mass is 9.77. The van der Waals surface area contributed by atoms with Crippen LogP contribution in [0, 0.1) is 0 Å². The van der Waals surface area contributed by atoms with Gasteiger partial charge in [0.15, 0.2) is 0 Å². The topological polar surface area (TPSA) is 87.3 Å². The highest BCUT2D eigenvalue weighted by Gasteiger charge is 2.40. The first-order valence-electron chi connectivity index (χ1n) is 12.9. The van der Waals surface area contributed by atoms with E-state index in [0.717, 1.165) is 5.56 Å². The summed E-state index contributed by atoms with van der Waals surface area (Å²) >= 11 is 0. The molecule has 0 saturated carbocycles. The number of amides is 3. The van der Waals surface area contributed by atoms with Gasteiger partial charge in [0.25, 0.3) is 17.7 Å². The number of nitrogens with one attached hydrogen (secondary N) is 3. The Morgan fingerprint density at radius 3 is 1.26 bits per heavy atom. The highest BCUT2D eigenvalue weighted by atomic mass is 16.2. The summed E-state index contributed by atoms with van der Waals surface area (Å²) in [5, 5.41) is 9.41. The van der Waals surface area contributed by atoms with Crippen LogP contribution in [0.25, 0.3) is 0 Å². The molecule has 3 N–H and O–H groups in total. The van der Waals surface area contributed by atoms with Crippen LogP contribution in [0.2, 0.25) is 0 Å². The van der Waals surface area contributed by atoms with Gasteiger partial charge in [-0.2, -0.15) is 0 Å². The molecule has 0 fully saturated rings. The van der Waals surface area contributed by atoms with E-state index < -0.39 is 18.1 Å². The first-order chi connectivity index (χ1) is 19.1. The number of rotatable bonds is 7. The summed E-state index contributed by atoms with van der Waals surface area (Å²) in [4.78, 5) is 39.8. The molecule has 0 heterocycles. The molecule has 0 aliphatic heterocycles. The van der Waals surface area contributed by atoms with E-state index in [0.29, 0.717) is 16.7 Å². The number of hydrogen-bond acceptors (Lipinski definition) is 3. The first-order valence-corrected chi connectivity index (χ1v) is 12.9. The van der Waals surface area contributed by atoms with Gasteiger partial charge in [-0.25, -0.2) is 0 Å². The van der Waals surface area contributed by atoms with Gasteiger partial charge in [0, 0.05) is 22.6 Å². The fourth-order valence-corrected chi connectivity index (χ4v) is 4.94. The summed E-state index contributed by atoms with van der Waals surface area (Å²) in [6.45, 7) is 0. The predicted octanol–water partition coefficient (Wildman–Crippen LogP) is 4.74. The maximum Gasteiger partial charge on any atom is 0.251 e. The van der Waals surface area contributed by atoms with Crippen LogP contribution in [-0.4, -0.2) is 35.8 Å². The molecule has 0 aromatic heterocycles. The molecule has 5 rings (SSSR count). The second kappa shape index (κ2) is 12.0. The van der Waals surface area contributed by atoms with E-state index in [9.17, 15) is 14.4 Å². The van der Waals surface area contributed by atoms with Crippen LogP contribution < -0.4 is 16.0 Å². The normalized spacial score (nSPS) is 20.0. The van der Waals surface area contributed by atoms with Crippen molar-refractivity contribution in [1.82, 2.24) is 16.0 Å². The van der Waals surface area contributed by atoms with Gasteiger partial charge in [-0.1, -0.05) is 97.1 Å². The highest BCUT2D eigenvalue weighted by Crippen LogP contribution is 2.31. The molecule has 1 aliphatic rings. The minimum atomic E-state index is -0.557. The van der Waals surface area contributed by atoms with Crippen LogP contribution in [0.4, 0.5) is 0 Å². The third-order valence-electron chi connectivity index (χ3n) is 6.87. The molecule has 4 atom stereocenters. The van der Waals surface area contributed by atoms with Gasteiger partial charge >= 0.3 is 0 Å². The quantitative estimate of drug-likeness (QED) is 0.311. The Kier molecular flexibility index (Phi) is 7.93. The first kappa shape index (κ1) is 25.7. The number of hydrogen-bond donors (Lipinski definition) is 3. The van der Waals surface area contributed by atoms with Crippen molar-refractivity contribution in [2.75, 3.05) is 0 Å². The van der Waals surface area contributed by atoms with Crippen molar-refractivity contribution in [1.29, 1.82) is 0 Å². The van der Waals surface area contributed by atoms with Crippen molar-refractivity contribution < 1.29 is 14.4 Å². The molecular weight excluding hydrogens is 486 g/mol. The molecule has 0 radical (unpaired) electrons. The van der Waals surface area contributed by atoms with Crippen LogP contribution in [0.3, 0.4) is 0 Å². The van der Waals surface area contributed by atoms with E-state index in [1.807, 2.05) is 97.1 Å². The summed E-state index contributed by atoms with van der Waals surface area (Å²) < 4.78 is 0. The van der Waals surface area contributed by atoms with Crippen molar-refractivity contribution in [3.63, 3.8) is 0 Å². The van der Waals surface area contributed by atoms with Gasteiger partial charge in [0.1, 0.15) is 0 Å². The molecule has 0 spiro atoms. The van der Waals surface area contributed by atoms with Gasteiger partial charge < -0.3 is 16.0 Å². The van der Waals surface area contributed by atoms with Crippen LogP contribution in [0.5, 0.6) is 0 Å². The molecule has 4 aromatic carbocycles. The number of benzene rings is 4. The summed E-state index contributed by atoms with van der Waals surface area (Å²) in [6.07, 6.45) is 3.76. The SMILES string of the molecule is O=C(N[C@@H]1[C@H](c2ccccc2)[C@@H](NC(=O)c2ccccc2)C=C[C@H]1NC(=O)c1ccccc1)c1ccccc1. The van der Waals surface area contributed by atoms with Gasteiger partial charge in [-0.15, -0.1) is 0 Å². The summed E-state index contributed by atoms with van der Waals surface area (Å²) in [5.74, 6) is -1.09. The van der Waals surface area contributed by atoms with E-state index in [4.69, 9.17) is 0 Å². The van der Waals surface area contributed by atoms with Crippen LogP contribution >= 0.6 is 0 Å². The fourth-order valence-electron chi connectivity index (χ4n) is 4.94. The smallest absolute Gasteiger partial charge is 0.251 e. The zero-order valence-corrected chi connectivity index (χ0v) is 21.2. The van der Waals surface area contributed by atoms with Crippen molar-refractivity contribution in [2.24, 2.45) is 0 Å². The second-order valence-corrected chi connectivity index (χ2v) is 9.42. The summed E-state index contributed by atoms with van der Waals surface area (Å²) in [5.41, 5.74) is 2.51. The van der Waals surface area contributed by atoms with Crippen molar-refractivity contribution in [2.45, 2.75) is 24.0 Å². The lowest BCUT2D eigenvalue weighted by molar-refractivity contribution is 0.0867. The monoisotopic (exact) mass is 515 g/mol. The van der Waals surface area contributed by atoms with Crippen LogP contribution in [0.15, 0.2) is 133 Å². The summed E-state index contributed by atoms with van der Waals surface area (Å²) in [7, 11) is 0. The Bertz CT molecular complexity index is 1440. The zero-order chi connectivity index (χ0) is 27.0. The lowest BCUT2D eigenvalue weighted by Gasteiger charge is -2.41. The maximum atomic E-state index is 13.4. The minimum Gasteiger partial charge on any atom is -0.346 e. The van der Waals surface area contributed by atoms with Crippen molar-refractivity contribution >= 4 is 17.7 Å². The molecule has 0 unspecified atom stereocenters. The summed E-state index contributed by atoms with van der Waals surface area (Å²) in [6, 6.07) is 35.1. The third kappa shape index (κ3) is 6.13. The van der Waals surface area contributed by atoms with E-state index in [-0.39, 0.29) is 23.6 Å². The molecule has 194 valence electrons. The Labute approximate surface area is 227 Å². The van der Waals surface area contributed by atoms with Gasteiger partial charge in [-0.3, -0.25) is 14.4 Å². The molecule has 6 heteroatoms. The van der Waals surface area contributed by atoms with E-state index in [1.54, 1.807) is 36.4 Å². The average Bonchev–Trinajstić information content (AvgIpc) is 3.00. The van der Waals surface area contributed by atoms with Gasteiger partial charge in [0.05, 0.1) is 18.1 Å². The average molecular weight is 516 g/mol. The van der Waals surface area contributed by atoms with Crippen LogP contribution in [-0.2, 0) is 0 Å². The van der Waals surface area contributed by atoms with Gasteiger partial charge in [0.2, 0.25) is 0 Å². The van der Waals surface area contributed by atoms with Crippen molar-refractivity contribution in [3.05, 3.63) is 156 Å². The molecule has 6 nitrogen and oxygen atoms in total. The number of carbonyl (C=O) groups is 3. The molecule has 0 saturated heterocycles. The lowest BCUT2D eigenvalue weighted by Crippen LogP contribution is -2.59. The predicted molar refractivity (Wildman–Crippen MR) is 151 cm³/mol. The Morgan fingerprint density at radius 1 is 0.436 bits per heavy atom. The maximum absolute atomic E-state index is 13.4.